The number of nitrogen functional groups attached to an aromatic ring is 1. The number of ether oxygens (including phenoxy) is 1. The van der Waals surface area contributed by atoms with E-state index in [1.165, 1.54) is 0 Å². The van der Waals surface area contributed by atoms with Crippen molar-refractivity contribution in [1.29, 1.82) is 0 Å². The quantitative estimate of drug-likeness (QED) is 0.766. The smallest absolute Gasteiger partial charge is 0.281 e. The Morgan fingerprint density at radius 1 is 1.12 bits per heavy atom. The molecule has 0 fully saturated rings. The van der Waals surface area contributed by atoms with Crippen LogP contribution < -0.4 is 15.8 Å². The molecule has 2 aromatic carbocycles. The van der Waals surface area contributed by atoms with Crippen molar-refractivity contribution in [3.63, 3.8) is 0 Å². The zero-order valence-electron chi connectivity index (χ0n) is 13.4. The molecular weight excluding hydrogens is 306 g/mol. The molecule has 7 nitrogen and oxygen atoms in total. The molecule has 0 bridgehead atoms. The number of methoxy groups -OCH3 is 1. The molecule has 3 aromatic rings. The topological polar surface area (TPSA) is 95.1 Å². The van der Waals surface area contributed by atoms with Gasteiger partial charge in [-0.05, 0) is 43.3 Å². The Kier molecular flexibility index (Phi) is 4.15. The molecule has 0 saturated heterocycles. The summed E-state index contributed by atoms with van der Waals surface area (Å²) in [6.45, 7) is 1.95. The molecule has 0 aliphatic rings. The number of carbonyl (C=O) groups is 1. The summed E-state index contributed by atoms with van der Waals surface area (Å²) >= 11 is 0. The van der Waals surface area contributed by atoms with Gasteiger partial charge in [0.15, 0.2) is 0 Å². The maximum atomic E-state index is 12.5. The van der Waals surface area contributed by atoms with E-state index in [1.54, 1.807) is 31.4 Å². The molecule has 0 atom stereocenters. The normalized spacial score (nSPS) is 10.4. The average molecular weight is 323 g/mol. The third-order valence-electron chi connectivity index (χ3n) is 3.47. The number of rotatable bonds is 4. The summed E-state index contributed by atoms with van der Waals surface area (Å²) in [6.07, 6.45) is 0. The van der Waals surface area contributed by atoms with E-state index in [1.807, 2.05) is 31.2 Å². The van der Waals surface area contributed by atoms with E-state index in [-0.39, 0.29) is 17.8 Å². The highest BCUT2D eigenvalue weighted by molar-refractivity contribution is 5.96. The lowest BCUT2D eigenvalue weighted by atomic mass is 10.1. The van der Waals surface area contributed by atoms with Crippen LogP contribution in [0, 0.1) is 6.92 Å². The number of carbonyl (C=O) groups excluding carboxylic acids is 1. The van der Waals surface area contributed by atoms with Crippen LogP contribution >= 0.6 is 0 Å². The van der Waals surface area contributed by atoms with E-state index in [0.717, 1.165) is 21.7 Å². The van der Waals surface area contributed by atoms with Gasteiger partial charge in [-0.15, -0.1) is 5.10 Å². The molecule has 122 valence electrons. The van der Waals surface area contributed by atoms with Gasteiger partial charge >= 0.3 is 0 Å². The van der Waals surface area contributed by atoms with Crippen LogP contribution in [0.25, 0.3) is 0 Å². The average Bonchev–Trinajstić information content (AvgIpc) is 2.96. The zero-order chi connectivity index (χ0) is 17.1. The second-order valence-corrected chi connectivity index (χ2v) is 5.23. The van der Waals surface area contributed by atoms with Gasteiger partial charge in [0.2, 0.25) is 11.9 Å². The molecule has 1 aromatic heterocycles. The van der Waals surface area contributed by atoms with Crippen molar-refractivity contribution >= 4 is 23.5 Å². The van der Waals surface area contributed by atoms with Crippen molar-refractivity contribution in [2.75, 3.05) is 18.2 Å². The van der Waals surface area contributed by atoms with Crippen molar-refractivity contribution in [1.82, 2.24) is 14.8 Å². The molecule has 3 rings (SSSR count). The Morgan fingerprint density at radius 2 is 1.79 bits per heavy atom. The molecule has 0 saturated carbocycles. The van der Waals surface area contributed by atoms with Crippen LogP contribution in [0.5, 0.6) is 5.75 Å². The summed E-state index contributed by atoms with van der Waals surface area (Å²) in [5, 5.41) is 7.14. The van der Waals surface area contributed by atoms with E-state index >= 15 is 0 Å². The summed E-state index contributed by atoms with van der Waals surface area (Å²) < 4.78 is 6.18. The number of hydrogen-bond donors (Lipinski definition) is 2. The maximum Gasteiger partial charge on any atom is 0.281 e. The number of nitrogens with two attached hydrogens (primary N) is 1. The lowest BCUT2D eigenvalue weighted by Crippen LogP contribution is -2.16. The Morgan fingerprint density at radius 3 is 2.42 bits per heavy atom. The minimum absolute atomic E-state index is 0.0246. The fourth-order valence-corrected chi connectivity index (χ4v) is 2.15. The Hall–Kier alpha value is -3.35. The van der Waals surface area contributed by atoms with Crippen LogP contribution in [-0.2, 0) is 0 Å². The van der Waals surface area contributed by atoms with Gasteiger partial charge in [-0.25, -0.2) is 0 Å². The number of benzene rings is 2. The zero-order valence-corrected chi connectivity index (χ0v) is 13.4. The molecule has 24 heavy (non-hydrogen) atoms. The van der Waals surface area contributed by atoms with Gasteiger partial charge in [0.25, 0.3) is 5.91 Å². The Balaban J connectivity index is 1.81. The number of nitrogens with zero attached hydrogens (tertiary/aromatic N) is 3. The van der Waals surface area contributed by atoms with Crippen LogP contribution in [0.15, 0.2) is 48.5 Å². The van der Waals surface area contributed by atoms with E-state index in [9.17, 15) is 4.79 Å². The summed E-state index contributed by atoms with van der Waals surface area (Å²) in [4.78, 5) is 16.5. The first kappa shape index (κ1) is 15.5. The van der Waals surface area contributed by atoms with Gasteiger partial charge in [0, 0.05) is 11.3 Å². The number of nitrogens with one attached hydrogen (secondary N) is 1. The van der Waals surface area contributed by atoms with Crippen molar-refractivity contribution in [2.24, 2.45) is 0 Å². The minimum atomic E-state index is -0.331. The monoisotopic (exact) mass is 323 g/mol. The maximum absolute atomic E-state index is 12.5. The molecule has 7 heteroatoms. The van der Waals surface area contributed by atoms with Gasteiger partial charge in [0.1, 0.15) is 5.75 Å². The largest absolute Gasteiger partial charge is 0.497 e. The van der Waals surface area contributed by atoms with Gasteiger partial charge in [-0.3, -0.25) is 4.79 Å². The number of hydrogen-bond acceptors (Lipinski definition) is 6. The lowest BCUT2D eigenvalue weighted by molar-refractivity contribution is 0.0948. The number of aromatic nitrogens is 3. The fraction of sp³-hybridized carbons (Fsp3) is 0.118. The minimum Gasteiger partial charge on any atom is -0.497 e. The van der Waals surface area contributed by atoms with Gasteiger partial charge in [-0.2, -0.15) is 9.67 Å². The predicted molar refractivity (Wildman–Crippen MR) is 91.6 cm³/mol. The predicted octanol–water partition coefficient (Wildman–Crippen LogP) is 2.61. The van der Waals surface area contributed by atoms with Crippen molar-refractivity contribution in [2.45, 2.75) is 6.92 Å². The van der Waals surface area contributed by atoms with E-state index in [0.29, 0.717) is 5.56 Å². The van der Waals surface area contributed by atoms with E-state index < -0.39 is 0 Å². The third-order valence-corrected chi connectivity index (χ3v) is 3.47. The number of aryl methyl sites for hydroxylation is 1. The summed E-state index contributed by atoms with van der Waals surface area (Å²) in [5.74, 6) is 0.686. The fourth-order valence-electron chi connectivity index (χ4n) is 2.15. The van der Waals surface area contributed by atoms with Crippen LogP contribution in [0.3, 0.4) is 0 Å². The number of anilines is 3. The third kappa shape index (κ3) is 3.19. The molecule has 0 spiro atoms. The lowest BCUT2D eigenvalue weighted by Gasteiger charge is -2.03. The van der Waals surface area contributed by atoms with Crippen molar-refractivity contribution in [3.8, 4) is 5.75 Å². The molecule has 3 N–H and O–H groups in total. The molecular formula is C17H17N5O2. The first-order valence-electron chi connectivity index (χ1n) is 7.32. The molecule has 1 heterocycles. The van der Waals surface area contributed by atoms with Crippen LogP contribution in [0.2, 0.25) is 0 Å². The molecule has 0 radical (unpaired) electrons. The van der Waals surface area contributed by atoms with E-state index in [2.05, 4.69) is 15.4 Å². The molecule has 0 amide bonds. The first-order valence-corrected chi connectivity index (χ1v) is 7.32. The van der Waals surface area contributed by atoms with Gasteiger partial charge in [0.05, 0.1) is 7.11 Å². The summed E-state index contributed by atoms with van der Waals surface area (Å²) in [5.41, 5.74) is 8.14. The SMILES string of the molecule is COc1ccc(Nc2nc(N)n(C(=O)c3ccc(C)cc3)n2)cc1. The highest BCUT2D eigenvalue weighted by atomic mass is 16.5. The van der Waals surface area contributed by atoms with Crippen LogP contribution in [0.1, 0.15) is 15.9 Å². The van der Waals surface area contributed by atoms with Crippen molar-refractivity contribution < 1.29 is 9.53 Å². The van der Waals surface area contributed by atoms with Crippen molar-refractivity contribution in [3.05, 3.63) is 59.7 Å². The molecule has 0 aliphatic carbocycles. The standard InChI is InChI=1S/C17H17N5O2/c1-11-3-5-12(6-4-11)15(23)22-16(18)20-17(21-22)19-13-7-9-14(24-2)10-8-13/h3-10H,1-2H3,(H3,18,19,20,21). The van der Waals surface area contributed by atoms with E-state index in [4.69, 9.17) is 10.5 Å². The molecule has 0 aliphatic heterocycles. The van der Waals surface area contributed by atoms with Crippen LogP contribution in [-0.4, -0.2) is 27.8 Å². The summed E-state index contributed by atoms with van der Waals surface area (Å²) in [7, 11) is 1.60. The highest BCUT2D eigenvalue weighted by Gasteiger charge is 2.16. The molecule has 0 unspecified atom stereocenters. The summed E-state index contributed by atoms with van der Waals surface area (Å²) in [6, 6.07) is 14.4. The van der Waals surface area contributed by atoms with Crippen LogP contribution in [0.4, 0.5) is 17.6 Å². The Labute approximate surface area is 139 Å². The highest BCUT2D eigenvalue weighted by Crippen LogP contribution is 2.19. The second kappa shape index (κ2) is 6.41. The van der Waals surface area contributed by atoms with Gasteiger partial charge in [-0.1, -0.05) is 17.7 Å². The van der Waals surface area contributed by atoms with Gasteiger partial charge < -0.3 is 15.8 Å². The second-order valence-electron chi connectivity index (χ2n) is 5.23. The Bertz CT molecular complexity index is 854. The first-order chi connectivity index (χ1) is 11.6.